The second kappa shape index (κ2) is 5.82. The van der Waals surface area contributed by atoms with Gasteiger partial charge in [-0.3, -0.25) is 4.79 Å². The van der Waals surface area contributed by atoms with Gasteiger partial charge in [0.1, 0.15) is 5.82 Å². The van der Waals surface area contributed by atoms with Crippen LogP contribution in [0.4, 0.5) is 4.39 Å². The molecule has 5 heteroatoms. The van der Waals surface area contributed by atoms with E-state index in [9.17, 15) is 9.18 Å². The Morgan fingerprint density at radius 2 is 2.20 bits per heavy atom. The van der Waals surface area contributed by atoms with Gasteiger partial charge in [-0.2, -0.15) is 0 Å². The Kier molecular flexibility index (Phi) is 4.08. The summed E-state index contributed by atoms with van der Waals surface area (Å²) in [6.07, 6.45) is 3.02. The van der Waals surface area contributed by atoms with Gasteiger partial charge >= 0.3 is 0 Å². The monoisotopic (exact) mass is 341 g/mol. The largest absolute Gasteiger partial charge is 0.381 e. The summed E-state index contributed by atoms with van der Waals surface area (Å²) >= 11 is 3.29. The Morgan fingerprint density at radius 3 is 2.80 bits per heavy atom. The highest BCUT2D eigenvalue weighted by molar-refractivity contribution is 9.10. The zero-order valence-corrected chi connectivity index (χ0v) is 12.7. The van der Waals surface area contributed by atoms with Crippen LogP contribution in [0.2, 0.25) is 0 Å². The molecule has 1 aliphatic heterocycles. The highest BCUT2D eigenvalue weighted by atomic mass is 79.9. The number of hydrogen-bond acceptors (Lipinski definition) is 2. The number of rotatable bonds is 4. The number of hydrogen-bond donors (Lipinski definition) is 0. The highest BCUT2D eigenvalue weighted by Gasteiger charge is 2.36. The summed E-state index contributed by atoms with van der Waals surface area (Å²) in [4.78, 5) is 14.5. The van der Waals surface area contributed by atoms with E-state index in [-0.39, 0.29) is 17.5 Å². The van der Waals surface area contributed by atoms with Crippen LogP contribution < -0.4 is 0 Å². The lowest BCUT2D eigenvalue weighted by atomic mass is 10.1. The quantitative estimate of drug-likeness (QED) is 0.841. The maximum Gasteiger partial charge on any atom is 0.258 e. The first-order valence-electron chi connectivity index (χ1n) is 6.99. The molecule has 1 aliphatic carbocycles. The number of amides is 1. The number of carbonyl (C=O) groups excluding carboxylic acids is 1. The van der Waals surface area contributed by atoms with Crippen LogP contribution in [-0.4, -0.2) is 36.6 Å². The van der Waals surface area contributed by atoms with E-state index in [0.717, 1.165) is 25.9 Å². The molecule has 1 aromatic carbocycles. The van der Waals surface area contributed by atoms with E-state index < -0.39 is 5.82 Å². The minimum Gasteiger partial charge on any atom is -0.381 e. The molecular weight excluding hydrogens is 325 g/mol. The van der Waals surface area contributed by atoms with Crippen molar-refractivity contribution in [3.63, 3.8) is 0 Å². The molecular formula is C15H17BrFNO2. The second-order valence-electron chi connectivity index (χ2n) is 5.51. The van der Waals surface area contributed by atoms with Crippen molar-refractivity contribution < 1.29 is 13.9 Å². The number of benzene rings is 1. The molecule has 0 bridgehead atoms. The Labute approximate surface area is 126 Å². The topological polar surface area (TPSA) is 29.5 Å². The summed E-state index contributed by atoms with van der Waals surface area (Å²) in [5, 5.41) is 0. The van der Waals surface area contributed by atoms with Crippen LogP contribution in [0.25, 0.3) is 0 Å². The predicted octanol–water partition coefficient (Wildman–Crippen LogP) is 3.23. The molecule has 20 heavy (non-hydrogen) atoms. The fourth-order valence-corrected chi connectivity index (χ4v) is 3.15. The van der Waals surface area contributed by atoms with Gasteiger partial charge in [-0.15, -0.1) is 0 Å². The van der Waals surface area contributed by atoms with Crippen LogP contribution in [0.5, 0.6) is 0 Å². The SMILES string of the molecule is O=C(c1c(F)cccc1Br)N(CC1CCOC1)C1CC1. The first-order valence-corrected chi connectivity index (χ1v) is 7.79. The van der Waals surface area contributed by atoms with Crippen LogP contribution >= 0.6 is 15.9 Å². The molecule has 0 N–H and O–H groups in total. The van der Waals surface area contributed by atoms with E-state index in [2.05, 4.69) is 15.9 Å². The Balaban J connectivity index is 1.81. The van der Waals surface area contributed by atoms with Crippen LogP contribution in [-0.2, 0) is 4.74 Å². The summed E-state index contributed by atoms with van der Waals surface area (Å²) in [6, 6.07) is 4.92. The number of halogens is 2. The summed E-state index contributed by atoms with van der Waals surface area (Å²) in [5.41, 5.74) is 0.151. The molecule has 0 radical (unpaired) electrons. The minimum atomic E-state index is -0.460. The lowest BCUT2D eigenvalue weighted by molar-refractivity contribution is 0.0700. The summed E-state index contributed by atoms with van der Waals surface area (Å²) < 4.78 is 19.9. The molecule has 1 atom stereocenters. The molecule has 0 aromatic heterocycles. The van der Waals surface area contributed by atoms with Gasteiger partial charge < -0.3 is 9.64 Å². The molecule has 3 rings (SSSR count). The third-order valence-corrected chi connectivity index (χ3v) is 4.56. The molecule has 1 aromatic rings. The zero-order chi connectivity index (χ0) is 14.1. The normalized spacial score (nSPS) is 22.0. The maximum atomic E-state index is 14.0. The third-order valence-electron chi connectivity index (χ3n) is 3.90. The maximum absolute atomic E-state index is 14.0. The van der Waals surface area contributed by atoms with E-state index in [1.807, 2.05) is 4.90 Å². The Hall–Kier alpha value is -0.940. The smallest absolute Gasteiger partial charge is 0.258 e. The van der Waals surface area contributed by atoms with Gasteiger partial charge in [0, 0.05) is 29.6 Å². The molecule has 0 spiro atoms. The molecule has 2 aliphatic rings. The highest BCUT2D eigenvalue weighted by Crippen LogP contribution is 2.32. The van der Waals surface area contributed by atoms with E-state index in [0.29, 0.717) is 23.5 Å². The van der Waals surface area contributed by atoms with Gasteiger partial charge in [0.05, 0.1) is 12.2 Å². The van der Waals surface area contributed by atoms with Crippen molar-refractivity contribution >= 4 is 21.8 Å². The lowest BCUT2D eigenvalue weighted by Crippen LogP contribution is -2.38. The van der Waals surface area contributed by atoms with Crippen LogP contribution in [0.1, 0.15) is 29.6 Å². The van der Waals surface area contributed by atoms with Gasteiger partial charge in [0.15, 0.2) is 0 Å². The van der Waals surface area contributed by atoms with Crippen molar-refractivity contribution in [1.82, 2.24) is 4.90 Å². The van der Waals surface area contributed by atoms with Crippen molar-refractivity contribution in [3.8, 4) is 0 Å². The lowest BCUT2D eigenvalue weighted by Gasteiger charge is -2.25. The van der Waals surface area contributed by atoms with Crippen LogP contribution in [0, 0.1) is 11.7 Å². The molecule has 1 unspecified atom stereocenters. The third kappa shape index (κ3) is 2.88. The first-order chi connectivity index (χ1) is 9.66. The van der Waals surface area contributed by atoms with Gasteiger partial charge in [-0.05, 0) is 47.3 Å². The van der Waals surface area contributed by atoms with Crippen molar-refractivity contribution in [2.24, 2.45) is 5.92 Å². The Bertz CT molecular complexity index is 492. The summed E-state index contributed by atoms with van der Waals surface area (Å²) in [6.45, 7) is 2.14. The van der Waals surface area contributed by atoms with Crippen molar-refractivity contribution in [2.75, 3.05) is 19.8 Å². The standard InChI is InChI=1S/C15H17BrFNO2/c16-12-2-1-3-13(17)14(12)15(19)18(11-4-5-11)8-10-6-7-20-9-10/h1-3,10-11H,4-9H2. The van der Waals surface area contributed by atoms with Crippen molar-refractivity contribution in [3.05, 3.63) is 34.1 Å². The van der Waals surface area contributed by atoms with E-state index >= 15 is 0 Å². The van der Waals surface area contributed by atoms with Crippen LogP contribution in [0.3, 0.4) is 0 Å². The first kappa shape index (κ1) is 14.0. The zero-order valence-electron chi connectivity index (χ0n) is 11.1. The number of carbonyl (C=O) groups is 1. The van der Waals surface area contributed by atoms with Crippen molar-refractivity contribution in [1.29, 1.82) is 0 Å². The molecule has 3 nitrogen and oxygen atoms in total. The minimum absolute atomic E-state index is 0.151. The van der Waals surface area contributed by atoms with Gasteiger partial charge in [-0.25, -0.2) is 4.39 Å². The molecule has 108 valence electrons. The molecule has 1 saturated carbocycles. The van der Waals surface area contributed by atoms with Gasteiger partial charge in [0.25, 0.3) is 5.91 Å². The predicted molar refractivity (Wildman–Crippen MR) is 77.1 cm³/mol. The van der Waals surface area contributed by atoms with Crippen LogP contribution in [0.15, 0.2) is 22.7 Å². The van der Waals surface area contributed by atoms with E-state index in [1.165, 1.54) is 6.07 Å². The molecule has 2 fully saturated rings. The Morgan fingerprint density at radius 1 is 1.40 bits per heavy atom. The summed E-state index contributed by atoms with van der Waals surface area (Å²) in [7, 11) is 0. The second-order valence-corrected chi connectivity index (χ2v) is 6.37. The molecule has 1 saturated heterocycles. The van der Waals surface area contributed by atoms with Gasteiger partial charge in [0.2, 0.25) is 0 Å². The fourth-order valence-electron chi connectivity index (χ4n) is 2.64. The number of nitrogens with zero attached hydrogens (tertiary/aromatic N) is 1. The van der Waals surface area contributed by atoms with Crippen molar-refractivity contribution in [2.45, 2.75) is 25.3 Å². The molecule has 1 heterocycles. The van der Waals surface area contributed by atoms with E-state index in [4.69, 9.17) is 4.74 Å². The summed E-state index contributed by atoms with van der Waals surface area (Å²) in [5.74, 6) is -0.285. The van der Waals surface area contributed by atoms with E-state index in [1.54, 1.807) is 12.1 Å². The molecule has 1 amide bonds. The van der Waals surface area contributed by atoms with Gasteiger partial charge in [-0.1, -0.05) is 6.07 Å². The average Bonchev–Trinajstić information content (AvgIpc) is 3.12. The fraction of sp³-hybridized carbons (Fsp3) is 0.533. The average molecular weight is 342 g/mol. The number of ether oxygens (including phenoxy) is 1.